The highest BCUT2D eigenvalue weighted by Crippen LogP contribution is 2.35. The number of fused-ring (bicyclic) bond motifs is 1. The van der Waals surface area contributed by atoms with Gasteiger partial charge in [-0.3, -0.25) is 11.3 Å². The summed E-state index contributed by atoms with van der Waals surface area (Å²) in [5, 5.41) is 1.89. The van der Waals surface area contributed by atoms with Crippen LogP contribution in [0.5, 0.6) is 0 Å². The molecule has 144 valence electrons. The first-order chi connectivity index (χ1) is 13.6. The third-order valence-corrected chi connectivity index (χ3v) is 5.74. The fourth-order valence-electron chi connectivity index (χ4n) is 4.00. The molecule has 0 saturated heterocycles. The minimum Gasteiger partial charge on any atom is -0.271 e. The van der Waals surface area contributed by atoms with Crippen LogP contribution in [0.25, 0.3) is 23.1 Å². The lowest BCUT2D eigenvalue weighted by molar-refractivity contribution is 0.341. The lowest BCUT2D eigenvalue weighted by atomic mass is 9.82. The third-order valence-electron chi connectivity index (χ3n) is 5.49. The van der Waals surface area contributed by atoms with Crippen LogP contribution in [-0.4, -0.2) is 16.0 Å². The molecular formula is C23H25ClN4. The molecule has 1 fully saturated rings. The van der Waals surface area contributed by atoms with E-state index < -0.39 is 0 Å². The predicted molar refractivity (Wildman–Crippen MR) is 117 cm³/mol. The number of nitrogens with zero attached hydrogens (tertiary/aromatic N) is 2. The standard InChI is InChI=1S/C23H25ClN4/c1-15-5-11-21-20(13-15)23(17-3-2-4-19(14-17)28-25)27-22(26-21)12-8-16-6-9-18(24)10-7-16/h5-13,17,19,28H,2-4,14,25H2,1H3/t17-,19+/m1/s1. The molecule has 2 aromatic carbocycles. The Bertz CT molecular complexity index is 997. The van der Waals surface area contributed by atoms with Crippen molar-refractivity contribution in [2.24, 2.45) is 5.84 Å². The van der Waals surface area contributed by atoms with Crippen LogP contribution in [0.15, 0.2) is 42.5 Å². The van der Waals surface area contributed by atoms with Gasteiger partial charge in [-0.2, -0.15) is 0 Å². The first-order valence-electron chi connectivity index (χ1n) is 9.80. The molecule has 0 radical (unpaired) electrons. The van der Waals surface area contributed by atoms with E-state index in [1.807, 2.05) is 36.4 Å². The molecule has 0 amide bonds. The summed E-state index contributed by atoms with van der Waals surface area (Å²) in [6.45, 7) is 2.11. The molecule has 1 aliphatic rings. The average Bonchev–Trinajstić information content (AvgIpc) is 2.73. The molecule has 0 spiro atoms. The van der Waals surface area contributed by atoms with E-state index in [1.165, 1.54) is 5.56 Å². The van der Waals surface area contributed by atoms with Gasteiger partial charge in [-0.15, -0.1) is 0 Å². The van der Waals surface area contributed by atoms with E-state index >= 15 is 0 Å². The molecule has 1 heterocycles. The van der Waals surface area contributed by atoms with Crippen LogP contribution in [0.2, 0.25) is 5.02 Å². The van der Waals surface area contributed by atoms with Gasteiger partial charge in [0.15, 0.2) is 5.82 Å². The lowest BCUT2D eigenvalue weighted by Gasteiger charge is -2.29. The maximum absolute atomic E-state index is 5.97. The fraction of sp³-hybridized carbons (Fsp3) is 0.304. The summed E-state index contributed by atoms with van der Waals surface area (Å²) in [5.74, 6) is 6.86. The summed E-state index contributed by atoms with van der Waals surface area (Å²) in [6, 6.07) is 14.5. The molecule has 3 aromatic rings. The summed E-state index contributed by atoms with van der Waals surface area (Å²) < 4.78 is 0. The first kappa shape index (κ1) is 19.1. The Morgan fingerprint density at radius 1 is 1.07 bits per heavy atom. The normalized spacial score (nSPS) is 20.1. The summed E-state index contributed by atoms with van der Waals surface area (Å²) in [5.41, 5.74) is 7.40. The zero-order valence-electron chi connectivity index (χ0n) is 16.0. The van der Waals surface area contributed by atoms with Crippen molar-refractivity contribution in [3.63, 3.8) is 0 Å². The Hall–Kier alpha value is -2.27. The maximum atomic E-state index is 5.97. The summed E-state index contributed by atoms with van der Waals surface area (Å²) >= 11 is 5.97. The smallest absolute Gasteiger partial charge is 0.152 e. The molecule has 2 atom stereocenters. The number of hydrazine groups is 1. The van der Waals surface area contributed by atoms with Crippen molar-refractivity contribution >= 4 is 34.7 Å². The number of hydrogen-bond acceptors (Lipinski definition) is 4. The average molecular weight is 393 g/mol. The molecule has 0 bridgehead atoms. The molecule has 5 heteroatoms. The summed E-state index contributed by atoms with van der Waals surface area (Å²) in [7, 11) is 0. The Labute approximate surface area is 170 Å². The Morgan fingerprint density at radius 3 is 2.68 bits per heavy atom. The van der Waals surface area contributed by atoms with Crippen molar-refractivity contribution in [3.8, 4) is 0 Å². The number of rotatable bonds is 4. The lowest BCUT2D eigenvalue weighted by Crippen LogP contribution is -2.38. The Kier molecular flexibility index (Phi) is 5.72. The van der Waals surface area contributed by atoms with Crippen LogP contribution in [0.3, 0.4) is 0 Å². The number of aryl methyl sites for hydroxylation is 1. The van der Waals surface area contributed by atoms with E-state index in [2.05, 4.69) is 30.5 Å². The molecule has 0 aliphatic heterocycles. The van der Waals surface area contributed by atoms with Crippen LogP contribution in [0.4, 0.5) is 0 Å². The third kappa shape index (κ3) is 4.25. The van der Waals surface area contributed by atoms with Gasteiger partial charge in [0.05, 0.1) is 11.2 Å². The van der Waals surface area contributed by atoms with Gasteiger partial charge in [-0.25, -0.2) is 9.97 Å². The van der Waals surface area contributed by atoms with Gasteiger partial charge >= 0.3 is 0 Å². The zero-order chi connectivity index (χ0) is 19.5. The Balaban J connectivity index is 1.74. The van der Waals surface area contributed by atoms with E-state index in [0.29, 0.717) is 12.0 Å². The highest BCUT2D eigenvalue weighted by atomic mass is 35.5. The van der Waals surface area contributed by atoms with Crippen molar-refractivity contribution in [2.75, 3.05) is 0 Å². The van der Waals surface area contributed by atoms with Crippen molar-refractivity contribution in [3.05, 3.63) is 70.1 Å². The van der Waals surface area contributed by atoms with Crippen molar-refractivity contribution in [1.29, 1.82) is 0 Å². The number of nitrogens with two attached hydrogens (primary N) is 1. The quantitative estimate of drug-likeness (QED) is 0.470. The SMILES string of the molecule is Cc1ccc2nc(C=Cc3ccc(Cl)cc3)nc([C@@H]3CCC[C@H](NN)C3)c2c1. The van der Waals surface area contributed by atoms with Crippen molar-refractivity contribution < 1.29 is 0 Å². The topological polar surface area (TPSA) is 63.8 Å². The van der Waals surface area contributed by atoms with Gasteiger partial charge in [-0.1, -0.05) is 47.9 Å². The predicted octanol–water partition coefficient (Wildman–Crippen LogP) is 5.25. The number of hydrogen-bond donors (Lipinski definition) is 2. The van der Waals surface area contributed by atoms with E-state index in [4.69, 9.17) is 27.4 Å². The van der Waals surface area contributed by atoms with Gasteiger partial charge in [0.1, 0.15) is 0 Å². The van der Waals surface area contributed by atoms with Crippen molar-refractivity contribution in [1.82, 2.24) is 15.4 Å². The largest absolute Gasteiger partial charge is 0.271 e. The van der Waals surface area contributed by atoms with Crippen LogP contribution in [-0.2, 0) is 0 Å². The highest BCUT2D eigenvalue weighted by molar-refractivity contribution is 6.30. The first-order valence-corrected chi connectivity index (χ1v) is 10.2. The molecule has 3 N–H and O–H groups in total. The van der Waals surface area contributed by atoms with Gasteiger partial charge in [0, 0.05) is 22.4 Å². The van der Waals surface area contributed by atoms with E-state index in [1.54, 1.807) is 0 Å². The van der Waals surface area contributed by atoms with Gasteiger partial charge in [0.2, 0.25) is 0 Å². The van der Waals surface area contributed by atoms with Gasteiger partial charge in [0.25, 0.3) is 0 Å². The molecule has 4 rings (SSSR count). The molecule has 1 saturated carbocycles. The van der Waals surface area contributed by atoms with E-state index in [9.17, 15) is 0 Å². The van der Waals surface area contributed by atoms with Crippen molar-refractivity contribution in [2.45, 2.75) is 44.6 Å². The van der Waals surface area contributed by atoms with Crippen LogP contribution in [0.1, 0.15) is 54.2 Å². The van der Waals surface area contributed by atoms with Crippen LogP contribution < -0.4 is 11.3 Å². The fourth-order valence-corrected chi connectivity index (χ4v) is 4.13. The molecule has 28 heavy (non-hydrogen) atoms. The Morgan fingerprint density at radius 2 is 1.89 bits per heavy atom. The van der Waals surface area contributed by atoms with Gasteiger partial charge in [-0.05, 0) is 62.1 Å². The monoisotopic (exact) mass is 392 g/mol. The van der Waals surface area contributed by atoms with E-state index in [-0.39, 0.29) is 0 Å². The minimum absolute atomic E-state index is 0.349. The molecule has 1 aliphatic carbocycles. The zero-order valence-corrected chi connectivity index (χ0v) is 16.8. The molecule has 1 aromatic heterocycles. The maximum Gasteiger partial charge on any atom is 0.152 e. The second-order valence-electron chi connectivity index (χ2n) is 7.60. The number of nitrogens with one attached hydrogen (secondary N) is 1. The number of aromatic nitrogens is 2. The summed E-state index contributed by atoms with van der Waals surface area (Å²) in [4.78, 5) is 9.75. The number of benzene rings is 2. The highest BCUT2D eigenvalue weighted by Gasteiger charge is 2.25. The molecule has 0 unspecified atom stereocenters. The van der Waals surface area contributed by atoms with E-state index in [0.717, 1.165) is 58.7 Å². The second-order valence-corrected chi connectivity index (χ2v) is 8.04. The molecular weight excluding hydrogens is 368 g/mol. The van der Waals surface area contributed by atoms with Crippen LogP contribution >= 0.6 is 11.6 Å². The second kappa shape index (κ2) is 8.39. The summed E-state index contributed by atoms with van der Waals surface area (Å²) in [6.07, 6.45) is 8.44. The van der Waals surface area contributed by atoms with Crippen LogP contribution in [0, 0.1) is 6.92 Å². The number of halogens is 1. The molecule has 4 nitrogen and oxygen atoms in total. The van der Waals surface area contributed by atoms with Gasteiger partial charge < -0.3 is 0 Å². The minimum atomic E-state index is 0.349.